The van der Waals surface area contributed by atoms with Crippen molar-refractivity contribution < 1.29 is 19.1 Å². The normalized spacial score (nSPS) is 25.7. The summed E-state index contributed by atoms with van der Waals surface area (Å²) in [5, 5.41) is 6.00. The number of hydrogen-bond acceptors (Lipinski definition) is 5. The highest BCUT2D eigenvalue weighted by atomic mass is 79.9. The molecule has 3 aliphatic carbocycles. The van der Waals surface area contributed by atoms with E-state index in [0.717, 1.165) is 23.4 Å². The van der Waals surface area contributed by atoms with Gasteiger partial charge in [0.2, 0.25) is 0 Å². The number of rotatable bonds is 6. The van der Waals surface area contributed by atoms with Crippen LogP contribution in [-0.4, -0.2) is 30.1 Å². The predicted molar refractivity (Wildman–Crippen MR) is 128 cm³/mol. The van der Waals surface area contributed by atoms with E-state index in [1.807, 2.05) is 30.3 Å². The van der Waals surface area contributed by atoms with Crippen LogP contribution in [0.2, 0.25) is 5.02 Å². The van der Waals surface area contributed by atoms with Crippen molar-refractivity contribution in [2.75, 3.05) is 7.11 Å². The van der Waals surface area contributed by atoms with Gasteiger partial charge in [0.15, 0.2) is 11.5 Å². The van der Waals surface area contributed by atoms with Crippen molar-refractivity contribution in [1.29, 1.82) is 0 Å². The fourth-order valence-corrected chi connectivity index (χ4v) is 5.69. The molecule has 2 amide bonds. The van der Waals surface area contributed by atoms with E-state index in [-0.39, 0.29) is 35.5 Å². The molecule has 0 radical (unpaired) electrons. The molecule has 6 nitrogen and oxygen atoms in total. The monoisotopic (exact) mass is 528 g/mol. The summed E-state index contributed by atoms with van der Waals surface area (Å²) < 4.78 is 12.1. The van der Waals surface area contributed by atoms with E-state index >= 15 is 0 Å². The average Bonchev–Trinajstić information content (AvgIpc) is 3.10. The number of fused-ring (bicyclic) bond motifs is 1. The zero-order chi connectivity index (χ0) is 23.1. The number of carbonyl (C=O) groups is 2. The lowest BCUT2D eigenvalue weighted by Crippen LogP contribution is -2.38. The molecular formula is C25H22BrClN2O4. The van der Waals surface area contributed by atoms with Gasteiger partial charge in [-0.2, -0.15) is 10.1 Å². The van der Waals surface area contributed by atoms with Crippen LogP contribution in [0.4, 0.5) is 0 Å². The Hall–Kier alpha value is -2.64. The molecule has 1 saturated carbocycles. The Kier molecular flexibility index (Phi) is 6.01. The quantitative estimate of drug-likeness (QED) is 0.292. The van der Waals surface area contributed by atoms with Crippen molar-refractivity contribution in [3.8, 4) is 11.5 Å². The van der Waals surface area contributed by atoms with Gasteiger partial charge in [-0.05, 0) is 76.0 Å². The number of nitrogens with zero attached hydrogens (tertiary/aromatic N) is 2. The summed E-state index contributed by atoms with van der Waals surface area (Å²) in [6.45, 7) is 0.343. The van der Waals surface area contributed by atoms with Crippen LogP contribution in [0.25, 0.3) is 0 Å². The molecule has 2 bridgehead atoms. The highest BCUT2D eigenvalue weighted by Crippen LogP contribution is 2.49. The summed E-state index contributed by atoms with van der Waals surface area (Å²) in [5.41, 5.74) is 1.64. The number of ether oxygens (including phenoxy) is 2. The van der Waals surface area contributed by atoms with E-state index in [4.69, 9.17) is 21.1 Å². The van der Waals surface area contributed by atoms with Crippen LogP contribution < -0.4 is 9.47 Å². The highest BCUT2D eigenvalue weighted by molar-refractivity contribution is 9.10. The number of halogens is 2. The van der Waals surface area contributed by atoms with E-state index in [2.05, 4.69) is 33.2 Å². The molecule has 0 aromatic heterocycles. The molecule has 0 spiro atoms. The summed E-state index contributed by atoms with van der Waals surface area (Å²) >= 11 is 9.47. The Morgan fingerprint density at radius 2 is 1.73 bits per heavy atom. The Labute approximate surface area is 205 Å². The molecule has 0 N–H and O–H groups in total. The van der Waals surface area contributed by atoms with Gasteiger partial charge in [0.25, 0.3) is 11.8 Å². The van der Waals surface area contributed by atoms with Crippen molar-refractivity contribution in [3.63, 3.8) is 0 Å². The third-order valence-electron chi connectivity index (χ3n) is 6.61. The van der Waals surface area contributed by atoms with E-state index in [9.17, 15) is 9.59 Å². The average molecular weight is 530 g/mol. The Morgan fingerprint density at radius 1 is 1.09 bits per heavy atom. The van der Waals surface area contributed by atoms with Gasteiger partial charge in [-0.1, -0.05) is 35.9 Å². The molecule has 6 rings (SSSR count). The van der Waals surface area contributed by atoms with Gasteiger partial charge >= 0.3 is 0 Å². The molecule has 2 aromatic rings. The second-order valence-corrected chi connectivity index (χ2v) is 9.81. The SMILES string of the molecule is COc1cc(C=NN2C(=O)C3C4C=CC(CC4)C3C2=O)cc(Br)c1OCc1ccc(Cl)cc1. The van der Waals surface area contributed by atoms with Crippen LogP contribution in [0, 0.1) is 23.7 Å². The molecule has 2 aromatic carbocycles. The summed E-state index contributed by atoms with van der Waals surface area (Å²) in [6, 6.07) is 11.0. The number of hydrazone groups is 1. The van der Waals surface area contributed by atoms with Gasteiger partial charge in [-0.3, -0.25) is 9.59 Å². The summed E-state index contributed by atoms with van der Waals surface area (Å²) in [6.07, 6.45) is 7.62. The van der Waals surface area contributed by atoms with Gasteiger partial charge in [0.1, 0.15) is 6.61 Å². The van der Waals surface area contributed by atoms with Gasteiger partial charge in [-0.15, -0.1) is 0 Å². The zero-order valence-electron chi connectivity index (χ0n) is 17.9. The van der Waals surface area contributed by atoms with Gasteiger partial charge in [0, 0.05) is 5.02 Å². The minimum absolute atomic E-state index is 0.142. The molecular weight excluding hydrogens is 508 g/mol. The van der Waals surface area contributed by atoms with E-state index in [0.29, 0.717) is 33.2 Å². The maximum absolute atomic E-state index is 12.9. The molecule has 4 aliphatic rings. The number of carbonyl (C=O) groups excluding carboxylic acids is 2. The molecule has 8 heteroatoms. The molecule has 33 heavy (non-hydrogen) atoms. The maximum atomic E-state index is 12.9. The van der Waals surface area contributed by atoms with Gasteiger partial charge < -0.3 is 9.47 Å². The van der Waals surface area contributed by atoms with Crippen molar-refractivity contribution in [3.05, 3.63) is 69.2 Å². The summed E-state index contributed by atoms with van der Waals surface area (Å²) in [7, 11) is 1.55. The lowest BCUT2D eigenvalue weighted by Gasteiger charge is -2.37. The molecule has 1 aliphatic heterocycles. The van der Waals surface area contributed by atoms with Crippen LogP contribution in [-0.2, 0) is 16.2 Å². The molecule has 4 unspecified atom stereocenters. The third kappa shape index (κ3) is 4.08. The second kappa shape index (κ2) is 8.95. The van der Waals surface area contributed by atoms with E-state index in [1.54, 1.807) is 13.2 Å². The highest BCUT2D eigenvalue weighted by Gasteiger charge is 2.56. The molecule has 1 saturated heterocycles. The van der Waals surface area contributed by atoms with Crippen LogP contribution >= 0.6 is 27.5 Å². The molecule has 170 valence electrons. The standard InChI is InChI=1S/C25H22BrClN2O4/c1-32-20-11-15(10-19(26)23(20)33-13-14-2-8-18(27)9-3-14)12-28-29-24(30)21-16-4-5-17(7-6-16)22(21)25(29)31/h2-5,8-12,16-17,21-22H,6-7,13H2,1H3. The topological polar surface area (TPSA) is 68.2 Å². The number of benzene rings is 2. The smallest absolute Gasteiger partial charge is 0.254 e. The number of allylic oxidation sites excluding steroid dienone is 2. The Bertz CT molecular complexity index is 1130. The fraction of sp³-hybridized carbons (Fsp3) is 0.320. The molecule has 2 fully saturated rings. The second-order valence-electron chi connectivity index (χ2n) is 8.52. The molecule has 1 heterocycles. The number of hydrogen-bond donors (Lipinski definition) is 0. The first kappa shape index (κ1) is 22.2. The Morgan fingerprint density at radius 3 is 2.30 bits per heavy atom. The van der Waals surface area contributed by atoms with Crippen LogP contribution in [0.3, 0.4) is 0 Å². The number of amides is 2. The first-order valence-corrected chi connectivity index (χ1v) is 12.0. The zero-order valence-corrected chi connectivity index (χ0v) is 20.3. The van der Waals surface area contributed by atoms with Crippen molar-refractivity contribution in [1.82, 2.24) is 5.01 Å². The molecule has 4 atom stereocenters. The van der Waals surface area contributed by atoms with Crippen LogP contribution in [0.1, 0.15) is 24.0 Å². The van der Waals surface area contributed by atoms with Crippen LogP contribution in [0.5, 0.6) is 11.5 Å². The van der Waals surface area contributed by atoms with Gasteiger partial charge in [-0.25, -0.2) is 0 Å². The lowest BCUT2D eigenvalue weighted by atomic mass is 9.63. The Balaban J connectivity index is 1.34. The summed E-state index contributed by atoms with van der Waals surface area (Å²) in [5.74, 6) is 0.391. The largest absolute Gasteiger partial charge is 0.493 e. The third-order valence-corrected chi connectivity index (χ3v) is 7.45. The fourth-order valence-electron chi connectivity index (χ4n) is 4.99. The van der Waals surface area contributed by atoms with Crippen molar-refractivity contribution in [2.24, 2.45) is 28.8 Å². The van der Waals surface area contributed by atoms with Crippen molar-refractivity contribution >= 4 is 45.6 Å². The minimum Gasteiger partial charge on any atom is -0.493 e. The van der Waals surface area contributed by atoms with E-state index in [1.165, 1.54) is 6.21 Å². The van der Waals surface area contributed by atoms with Crippen molar-refractivity contribution in [2.45, 2.75) is 19.4 Å². The minimum atomic E-state index is -0.275. The maximum Gasteiger partial charge on any atom is 0.254 e. The van der Waals surface area contributed by atoms with Crippen LogP contribution in [0.15, 0.2) is 58.1 Å². The van der Waals surface area contributed by atoms with E-state index < -0.39 is 0 Å². The first-order valence-electron chi connectivity index (χ1n) is 10.8. The predicted octanol–water partition coefficient (Wildman–Crippen LogP) is 5.22. The first-order chi connectivity index (χ1) is 16.0. The summed E-state index contributed by atoms with van der Waals surface area (Å²) in [4.78, 5) is 25.9. The number of imide groups is 1. The van der Waals surface area contributed by atoms with Gasteiger partial charge in [0.05, 0.1) is 29.6 Å². The number of methoxy groups -OCH3 is 1. The lowest BCUT2D eigenvalue weighted by molar-refractivity contribution is -0.140.